The van der Waals surface area contributed by atoms with Gasteiger partial charge in [-0.25, -0.2) is 0 Å². The zero-order valence-electron chi connectivity index (χ0n) is 9.00. The first-order chi connectivity index (χ1) is 7.66. The number of benzene rings is 2. The molecule has 0 nitrogen and oxygen atoms in total. The molecular formula is C14H12Cl2. The maximum Gasteiger partial charge on any atom is 0.0452 e. The monoisotopic (exact) mass is 250 g/mol. The van der Waals surface area contributed by atoms with Crippen LogP contribution in [-0.2, 0) is 6.42 Å². The van der Waals surface area contributed by atoms with Crippen LogP contribution in [-0.4, -0.2) is 0 Å². The van der Waals surface area contributed by atoms with Crippen LogP contribution in [0.25, 0.3) is 0 Å². The first kappa shape index (κ1) is 11.5. The second-order valence-corrected chi connectivity index (χ2v) is 4.68. The number of halogens is 2. The van der Waals surface area contributed by atoms with E-state index >= 15 is 0 Å². The van der Waals surface area contributed by atoms with Crippen molar-refractivity contribution in [3.8, 4) is 0 Å². The van der Waals surface area contributed by atoms with E-state index in [1.807, 2.05) is 31.2 Å². The summed E-state index contributed by atoms with van der Waals surface area (Å²) >= 11 is 12.1. The van der Waals surface area contributed by atoms with Crippen molar-refractivity contribution in [2.45, 2.75) is 13.3 Å². The van der Waals surface area contributed by atoms with Gasteiger partial charge < -0.3 is 0 Å². The average Bonchev–Trinajstić information content (AvgIpc) is 2.27. The molecule has 0 saturated heterocycles. The van der Waals surface area contributed by atoms with Gasteiger partial charge in [0.25, 0.3) is 0 Å². The Balaban J connectivity index is 2.35. The molecular weight excluding hydrogens is 239 g/mol. The predicted octanol–water partition coefficient (Wildman–Crippen LogP) is 4.89. The van der Waals surface area contributed by atoms with E-state index in [0.29, 0.717) is 5.02 Å². The largest absolute Gasteiger partial charge is 0.0843 e. The second kappa shape index (κ2) is 4.90. The molecule has 0 amide bonds. The fourth-order valence-corrected chi connectivity index (χ4v) is 2.23. The highest BCUT2D eigenvalue weighted by atomic mass is 35.5. The fraction of sp³-hybridized carbons (Fsp3) is 0.143. The second-order valence-electron chi connectivity index (χ2n) is 3.83. The van der Waals surface area contributed by atoms with E-state index in [1.54, 1.807) is 6.07 Å². The zero-order valence-corrected chi connectivity index (χ0v) is 10.5. The molecule has 82 valence electrons. The summed E-state index contributed by atoms with van der Waals surface area (Å²) in [6.07, 6.45) is 0.868. The molecule has 0 unspecified atom stereocenters. The van der Waals surface area contributed by atoms with Gasteiger partial charge >= 0.3 is 0 Å². The SMILES string of the molecule is Cc1c(Cl)cc(Cl)cc1Cc1ccccc1. The molecule has 2 aromatic rings. The molecule has 2 rings (SSSR count). The summed E-state index contributed by atoms with van der Waals surface area (Å²) in [5, 5.41) is 1.43. The Hall–Kier alpha value is -0.980. The van der Waals surface area contributed by atoms with Gasteiger partial charge in [-0.1, -0.05) is 53.5 Å². The van der Waals surface area contributed by atoms with Gasteiger partial charge in [0.05, 0.1) is 0 Å². The van der Waals surface area contributed by atoms with Gasteiger partial charge in [-0.15, -0.1) is 0 Å². The van der Waals surface area contributed by atoms with Crippen molar-refractivity contribution >= 4 is 23.2 Å². The lowest BCUT2D eigenvalue weighted by Gasteiger charge is -2.08. The van der Waals surface area contributed by atoms with Crippen LogP contribution in [0.4, 0.5) is 0 Å². The highest BCUT2D eigenvalue weighted by Crippen LogP contribution is 2.26. The topological polar surface area (TPSA) is 0 Å². The molecule has 0 atom stereocenters. The smallest absolute Gasteiger partial charge is 0.0452 e. The van der Waals surface area contributed by atoms with Gasteiger partial charge in [-0.05, 0) is 42.2 Å². The Morgan fingerprint density at radius 3 is 2.38 bits per heavy atom. The van der Waals surface area contributed by atoms with E-state index in [4.69, 9.17) is 23.2 Å². The molecule has 2 aromatic carbocycles. The molecule has 0 aromatic heterocycles. The van der Waals surface area contributed by atoms with Crippen LogP contribution in [0.1, 0.15) is 16.7 Å². The molecule has 0 spiro atoms. The number of hydrogen-bond donors (Lipinski definition) is 0. The highest BCUT2D eigenvalue weighted by molar-refractivity contribution is 6.35. The summed E-state index contributed by atoms with van der Waals surface area (Å²) in [4.78, 5) is 0. The molecule has 0 fully saturated rings. The lowest BCUT2D eigenvalue weighted by Crippen LogP contribution is -1.92. The molecule has 0 radical (unpaired) electrons. The van der Waals surface area contributed by atoms with Crippen LogP contribution in [0.3, 0.4) is 0 Å². The lowest BCUT2D eigenvalue weighted by molar-refractivity contribution is 1.16. The molecule has 0 aliphatic heterocycles. The van der Waals surface area contributed by atoms with Crippen molar-refractivity contribution in [3.63, 3.8) is 0 Å². The molecule has 0 aliphatic carbocycles. The Labute approximate surface area is 106 Å². The van der Waals surface area contributed by atoms with Gasteiger partial charge in [-0.3, -0.25) is 0 Å². The van der Waals surface area contributed by atoms with Gasteiger partial charge in [0, 0.05) is 10.0 Å². The van der Waals surface area contributed by atoms with Crippen LogP contribution >= 0.6 is 23.2 Å². The normalized spacial score (nSPS) is 10.4. The summed E-state index contributed by atoms with van der Waals surface area (Å²) in [6, 6.07) is 14.1. The van der Waals surface area contributed by atoms with E-state index in [0.717, 1.165) is 17.0 Å². The third-order valence-electron chi connectivity index (χ3n) is 2.65. The zero-order chi connectivity index (χ0) is 11.5. The molecule has 0 N–H and O–H groups in total. The van der Waals surface area contributed by atoms with Gasteiger partial charge in [0.1, 0.15) is 0 Å². The first-order valence-electron chi connectivity index (χ1n) is 5.15. The van der Waals surface area contributed by atoms with E-state index in [-0.39, 0.29) is 0 Å². The maximum absolute atomic E-state index is 6.10. The van der Waals surface area contributed by atoms with Crippen molar-refractivity contribution < 1.29 is 0 Å². The summed E-state index contributed by atoms with van der Waals surface area (Å²) in [5.41, 5.74) is 3.56. The van der Waals surface area contributed by atoms with Gasteiger partial charge in [0.15, 0.2) is 0 Å². The molecule has 0 bridgehead atoms. The van der Waals surface area contributed by atoms with E-state index in [2.05, 4.69) is 12.1 Å². The van der Waals surface area contributed by atoms with Crippen molar-refractivity contribution in [1.82, 2.24) is 0 Å². The Bertz CT molecular complexity index is 490. The summed E-state index contributed by atoms with van der Waals surface area (Å²) in [7, 11) is 0. The standard InChI is InChI=1S/C14H12Cl2/c1-10-12(8-13(15)9-14(10)16)7-11-5-3-2-4-6-11/h2-6,8-9H,7H2,1H3. The molecule has 16 heavy (non-hydrogen) atoms. The van der Waals surface area contributed by atoms with Gasteiger partial charge in [-0.2, -0.15) is 0 Å². The summed E-state index contributed by atoms with van der Waals surface area (Å²) in [6.45, 7) is 2.02. The van der Waals surface area contributed by atoms with E-state index in [9.17, 15) is 0 Å². The lowest BCUT2D eigenvalue weighted by atomic mass is 10.0. The van der Waals surface area contributed by atoms with Crippen LogP contribution in [0.2, 0.25) is 10.0 Å². The number of hydrogen-bond acceptors (Lipinski definition) is 0. The first-order valence-corrected chi connectivity index (χ1v) is 5.91. The highest BCUT2D eigenvalue weighted by Gasteiger charge is 2.05. The summed E-state index contributed by atoms with van der Waals surface area (Å²) < 4.78 is 0. The summed E-state index contributed by atoms with van der Waals surface area (Å²) in [5.74, 6) is 0. The third kappa shape index (κ3) is 2.58. The van der Waals surface area contributed by atoms with Crippen molar-refractivity contribution in [1.29, 1.82) is 0 Å². The quantitative estimate of drug-likeness (QED) is 0.712. The minimum absolute atomic E-state index is 0.696. The molecule has 2 heteroatoms. The number of rotatable bonds is 2. The minimum atomic E-state index is 0.696. The van der Waals surface area contributed by atoms with Crippen LogP contribution in [0.5, 0.6) is 0 Å². The molecule has 0 saturated carbocycles. The van der Waals surface area contributed by atoms with Crippen LogP contribution < -0.4 is 0 Å². The van der Waals surface area contributed by atoms with Crippen molar-refractivity contribution in [2.24, 2.45) is 0 Å². The molecule has 0 heterocycles. The van der Waals surface area contributed by atoms with Crippen molar-refractivity contribution in [3.05, 3.63) is 69.2 Å². The fourth-order valence-electron chi connectivity index (χ4n) is 1.70. The molecule has 0 aliphatic rings. The van der Waals surface area contributed by atoms with Gasteiger partial charge in [0.2, 0.25) is 0 Å². The maximum atomic E-state index is 6.10. The third-order valence-corrected chi connectivity index (χ3v) is 3.26. The predicted molar refractivity (Wildman–Crippen MR) is 70.4 cm³/mol. The van der Waals surface area contributed by atoms with Crippen molar-refractivity contribution in [2.75, 3.05) is 0 Å². The Kier molecular flexibility index (Phi) is 3.52. The average molecular weight is 251 g/mol. The Morgan fingerprint density at radius 1 is 1.00 bits per heavy atom. The van der Waals surface area contributed by atoms with Crippen LogP contribution in [0.15, 0.2) is 42.5 Å². The minimum Gasteiger partial charge on any atom is -0.0843 e. The Morgan fingerprint density at radius 2 is 1.69 bits per heavy atom. The van der Waals surface area contributed by atoms with E-state index < -0.39 is 0 Å². The van der Waals surface area contributed by atoms with Crippen LogP contribution in [0, 0.1) is 6.92 Å². The van der Waals surface area contributed by atoms with E-state index in [1.165, 1.54) is 11.1 Å².